The first-order chi connectivity index (χ1) is 9.19. The van der Waals surface area contributed by atoms with Gasteiger partial charge in [0.25, 0.3) is 0 Å². The highest BCUT2D eigenvalue weighted by Gasteiger charge is 2.04. The van der Waals surface area contributed by atoms with Crippen LogP contribution in [-0.4, -0.2) is 13.1 Å². The quantitative estimate of drug-likeness (QED) is 0.780. The summed E-state index contributed by atoms with van der Waals surface area (Å²) in [5.41, 5.74) is 4.45. The molecule has 2 aromatic rings. The summed E-state index contributed by atoms with van der Waals surface area (Å²) in [7, 11) is 1.40. The fourth-order valence-corrected chi connectivity index (χ4v) is 1.97. The molecule has 0 amide bonds. The van der Waals surface area contributed by atoms with E-state index in [-0.39, 0.29) is 5.97 Å². The summed E-state index contributed by atoms with van der Waals surface area (Å²) in [5, 5.41) is 0. The van der Waals surface area contributed by atoms with Crippen LogP contribution >= 0.6 is 0 Å². The molecule has 0 fully saturated rings. The third-order valence-corrected chi connectivity index (χ3v) is 3.20. The van der Waals surface area contributed by atoms with Gasteiger partial charge in [0, 0.05) is 0 Å². The van der Waals surface area contributed by atoms with Crippen molar-refractivity contribution in [3.63, 3.8) is 0 Å². The van der Waals surface area contributed by atoms with Gasteiger partial charge in [0.1, 0.15) is 0 Å². The standard InChI is InChI=1S/C17H18O2/c1-13-3-5-14(6-4-13)7-8-15-9-11-16(12-10-15)17(18)19-2/h3-6,9-12H,7-8H2,1-2H3. The van der Waals surface area contributed by atoms with Gasteiger partial charge in [-0.2, -0.15) is 0 Å². The second-order valence-corrected chi connectivity index (χ2v) is 4.67. The van der Waals surface area contributed by atoms with Gasteiger partial charge in [0.15, 0.2) is 0 Å². The lowest BCUT2D eigenvalue weighted by molar-refractivity contribution is 0.0600. The van der Waals surface area contributed by atoms with Crippen molar-refractivity contribution in [3.8, 4) is 0 Å². The molecule has 2 nitrogen and oxygen atoms in total. The highest BCUT2D eigenvalue weighted by Crippen LogP contribution is 2.10. The van der Waals surface area contributed by atoms with E-state index in [1.165, 1.54) is 23.8 Å². The lowest BCUT2D eigenvalue weighted by Crippen LogP contribution is -2.01. The Morgan fingerprint density at radius 2 is 1.37 bits per heavy atom. The van der Waals surface area contributed by atoms with Crippen molar-refractivity contribution < 1.29 is 9.53 Å². The van der Waals surface area contributed by atoms with E-state index in [1.807, 2.05) is 24.3 Å². The molecule has 98 valence electrons. The fraction of sp³-hybridized carbons (Fsp3) is 0.235. The zero-order valence-electron chi connectivity index (χ0n) is 11.3. The molecule has 0 unspecified atom stereocenters. The second-order valence-electron chi connectivity index (χ2n) is 4.67. The average Bonchev–Trinajstić information content (AvgIpc) is 2.46. The van der Waals surface area contributed by atoms with Crippen LogP contribution < -0.4 is 0 Å². The Kier molecular flexibility index (Phi) is 4.35. The monoisotopic (exact) mass is 254 g/mol. The molecular formula is C17H18O2. The maximum Gasteiger partial charge on any atom is 0.337 e. The first kappa shape index (κ1) is 13.3. The number of esters is 1. The van der Waals surface area contributed by atoms with E-state index in [4.69, 9.17) is 0 Å². The highest BCUT2D eigenvalue weighted by molar-refractivity contribution is 5.89. The SMILES string of the molecule is COC(=O)c1ccc(CCc2ccc(C)cc2)cc1. The predicted molar refractivity (Wildman–Crippen MR) is 76.4 cm³/mol. The van der Waals surface area contributed by atoms with Crippen LogP contribution in [0.3, 0.4) is 0 Å². The molecule has 0 atom stereocenters. The number of ether oxygens (including phenoxy) is 1. The Balaban J connectivity index is 1.96. The normalized spacial score (nSPS) is 10.2. The number of carbonyl (C=O) groups excluding carboxylic acids is 1. The molecule has 0 aromatic heterocycles. The van der Waals surface area contributed by atoms with Crippen LogP contribution in [-0.2, 0) is 17.6 Å². The fourth-order valence-electron chi connectivity index (χ4n) is 1.97. The zero-order chi connectivity index (χ0) is 13.7. The lowest BCUT2D eigenvalue weighted by atomic mass is 10.0. The van der Waals surface area contributed by atoms with Crippen molar-refractivity contribution in [2.75, 3.05) is 7.11 Å². The molecule has 0 saturated heterocycles. The zero-order valence-corrected chi connectivity index (χ0v) is 11.3. The average molecular weight is 254 g/mol. The van der Waals surface area contributed by atoms with Gasteiger partial charge < -0.3 is 4.74 Å². The smallest absolute Gasteiger partial charge is 0.337 e. The van der Waals surface area contributed by atoms with Crippen LogP contribution in [0.15, 0.2) is 48.5 Å². The number of benzene rings is 2. The van der Waals surface area contributed by atoms with Gasteiger partial charge in [-0.25, -0.2) is 4.79 Å². The van der Waals surface area contributed by atoms with Crippen molar-refractivity contribution in [3.05, 3.63) is 70.8 Å². The molecule has 2 aromatic carbocycles. The van der Waals surface area contributed by atoms with E-state index in [9.17, 15) is 4.79 Å². The molecule has 2 heteroatoms. The van der Waals surface area contributed by atoms with Crippen LogP contribution in [0.1, 0.15) is 27.0 Å². The van der Waals surface area contributed by atoms with Gasteiger partial charge in [-0.1, -0.05) is 42.0 Å². The summed E-state index contributed by atoms with van der Waals surface area (Å²) in [6, 6.07) is 16.2. The summed E-state index contributed by atoms with van der Waals surface area (Å²) >= 11 is 0. The molecule has 0 aliphatic rings. The van der Waals surface area contributed by atoms with E-state index in [0.717, 1.165) is 12.8 Å². The molecule has 0 spiro atoms. The summed E-state index contributed by atoms with van der Waals surface area (Å²) in [4.78, 5) is 11.3. The lowest BCUT2D eigenvalue weighted by Gasteiger charge is -2.04. The molecule has 0 bridgehead atoms. The van der Waals surface area contributed by atoms with Gasteiger partial charge in [0.05, 0.1) is 12.7 Å². The molecule has 0 N–H and O–H groups in total. The van der Waals surface area contributed by atoms with Crippen molar-refractivity contribution in [1.82, 2.24) is 0 Å². The molecule has 0 saturated carbocycles. The summed E-state index contributed by atoms with van der Waals surface area (Å²) < 4.78 is 4.68. The van der Waals surface area contributed by atoms with Gasteiger partial charge in [-0.3, -0.25) is 0 Å². The van der Waals surface area contributed by atoms with E-state index < -0.39 is 0 Å². The van der Waals surface area contributed by atoms with Crippen LogP contribution in [0.5, 0.6) is 0 Å². The van der Waals surface area contributed by atoms with Crippen LogP contribution in [0.2, 0.25) is 0 Å². The minimum Gasteiger partial charge on any atom is -0.465 e. The van der Waals surface area contributed by atoms with Gasteiger partial charge in [0.2, 0.25) is 0 Å². The Hall–Kier alpha value is -2.09. The van der Waals surface area contributed by atoms with Gasteiger partial charge in [-0.15, -0.1) is 0 Å². The van der Waals surface area contributed by atoms with Crippen LogP contribution in [0.4, 0.5) is 0 Å². The van der Waals surface area contributed by atoms with Crippen molar-refractivity contribution in [2.24, 2.45) is 0 Å². The molecule has 0 aliphatic carbocycles. The number of carbonyl (C=O) groups is 1. The van der Waals surface area contributed by atoms with E-state index in [2.05, 4.69) is 35.9 Å². The summed E-state index contributed by atoms with van der Waals surface area (Å²) in [6.45, 7) is 2.09. The minimum absolute atomic E-state index is 0.287. The summed E-state index contributed by atoms with van der Waals surface area (Å²) in [5.74, 6) is -0.287. The summed E-state index contributed by atoms with van der Waals surface area (Å²) in [6.07, 6.45) is 1.99. The Labute approximate surface area is 114 Å². The number of aryl methyl sites for hydroxylation is 3. The van der Waals surface area contributed by atoms with Crippen LogP contribution in [0.25, 0.3) is 0 Å². The van der Waals surface area contributed by atoms with Crippen molar-refractivity contribution in [2.45, 2.75) is 19.8 Å². The first-order valence-corrected chi connectivity index (χ1v) is 6.42. The van der Waals surface area contributed by atoms with E-state index in [1.54, 1.807) is 0 Å². The minimum atomic E-state index is -0.287. The number of rotatable bonds is 4. The Bertz CT molecular complexity index is 538. The van der Waals surface area contributed by atoms with Crippen molar-refractivity contribution >= 4 is 5.97 Å². The maximum absolute atomic E-state index is 11.3. The number of hydrogen-bond donors (Lipinski definition) is 0. The number of methoxy groups -OCH3 is 1. The number of hydrogen-bond acceptors (Lipinski definition) is 2. The topological polar surface area (TPSA) is 26.3 Å². The molecule has 19 heavy (non-hydrogen) atoms. The predicted octanol–water partition coefficient (Wildman–Crippen LogP) is 3.57. The second kappa shape index (κ2) is 6.19. The largest absolute Gasteiger partial charge is 0.465 e. The van der Waals surface area contributed by atoms with Crippen LogP contribution in [0, 0.1) is 6.92 Å². The first-order valence-electron chi connectivity index (χ1n) is 6.42. The third kappa shape index (κ3) is 3.68. The Morgan fingerprint density at radius 1 is 0.895 bits per heavy atom. The molecule has 0 radical (unpaired) electrons. The van der Waals surface area contributed by atoms with E-state index >= 15 is 0 Å². The maximum atomic E-state index is 11.3. The highest BCUT2D eigenvalue weighted by atomic mass is 16.5. The Morgan fingerprint density at radius 3 is 1.84 bits per heavy atom. The van der Waals surface area contributed by atoms with Crippen molar-refractivity contribution in [1.29, 1.82) is 0 Å². The molecule has 0 aliphatic heterocycles. The third-order valence-electron chi connectivity index (χ3n) is 3.20. The van der Waals surface area contributed by atoms with E-state index in [0.29, 0.717) is 5.56 Å². The molecule has 0 heterocycles. The van der Waals surface area contributed by atoms with Gasteiger partial charge >= 0.3 is 5.97 Å². The molecular weight excluding hydrogens is 236 g/mol. The molecule has 2 rings (SSSR count). The van der Waals surface area contributed by atoms with Gasteiger partial charge in [-0.05, 0) is 43.0 Å².